The van der Waals surface area contributed by atoms with Crippen molar-refractivity contribution < 1.29 is 13.9 Å². The number of carbonyl (C=O) groups is 1. The number of aromatic nitrogens is 1. The first-order valence-electron chi connectivity index (χ1n) is 5.06. The summed E-state index contributed by atoms with van der Waals surface area (Å²) in [5, 5.41) is 2.49. The molecule has 0 aliphatic carbocycles. The van der Waals surface area contributed by atoms with E-state index in [-0.39, 0.29) is 11.6 Å². The summed E-state index contributed by atoms with van der Waals surface area (Å²) in [5.41, 5.74) is 0.427. The number of aldehydes is 1. The van der Waals surface area contributed by atoms with Gasteiger partial charge in [0.25, 0.3) is 0 Å². The normalized spacial score (nSPS) is 10.2. The van der Waals surface area contributed by atoms with Crippen LogP contribution in [0.15, 0.2) is 29.6 Å². The number of halogens is 1. The van der Waals surface area contributed by atoms with Gasteiger partial charge >= 0.3 is 0 Å². The second-order valence-electron chi connectivity index (χ2n) is 3.31. The van der Waals surface area contributed by atoms with E-state index in [1.54, 1.807) is 23.6 Å². The van der Waals surface area contributed by atoms with Gasteiger partial charge in [0.1, 0.15) is 5.69 Å². The minimum atomic E-state index is -0.375. The quantitative estimate of drug-likeness (QED) is 0.767. The zero-order valence-electron chi connectivity index (χ0n) is 8.93. The smallest absolute Gasteiger partial charge is 0.169 e. The topological polar surface area (TPSA) is 39.2 Å². The molecule has 1 aromatic heterocycles. The van der Waals surface area contributed by atoms with Crippen molar-refractivity contribution >= 4 is 17.6 Å². The molecule has 0 aliphatic heterocycles. The van der Waals surface area contributed by atoms with E-state index < -0.39 is 0 Å². The highest BCUT2D eigenvalue weighted by Crippen LogP contribution is 2.16. The third-order valence-electron chi connectivity index (χ3n) is 2.10. The van der Waals surface area contributed by atoms with Gasteiger partial charge in [-0.1, -0.05) is 12.1 Å². The van der Waals surface area contributed by atoms with Crippen LogP contribution in [0.3, 0.4) is 0 Å². The average molecular weight is 251 g/mol. The van der Waals surface area contributed by atoms with Crippen molar-refractivity contribution in [2.45, 2.75) is 6.42 Å². The Kier molecular flexibility index (Phi) is 3.82. The van der Waals surface area contributed by atoms with Crippen LogP contribution in [0.5, 0.6) is 5.75 Å². The van der Waals surface area contributed by atoms with Gasteiger partial charge in [-0.2, -0.15) is 0 Å². The average Bonchev–Trinajstić information content (AvgIpc) is 2.80. The van der Waals surface area contributed by atoms with Crippen LogP contribution in [0.4, 0.5) is 4.39 Å². The first-order valence-corrected chi connectivity index (χ1v) is 5.94. The van der Waals surface area contributed by atoms with E-state index in [4.69, 9.17) is 4.74 Å². The third kappa shape index (κ3) is 3.10. The lowest BCUT2D eigenvalue weighted by Gasteiger charge is -2.05. The fourth-order valence-electron chi connectivity index (χ4n) is 1.30. The van der Waals surface area contributed by atoms with Crippen LogP contribution in [0.25, 0.3) is 0 Å². The number of benzene rings is 1. The molecule has 0 bridgehead atoms. The molecule has 0 saturated heterocycles. The van der Waals surface area contributed by atoms with Crippen LogP contribution >= 0.6 is 11.3 Å². The molecule has 2 aromatic rings. The molecule has 88 valence electrons. The standard InChI is InChI=1S/C12H10FNO2S/c13-10-3-1-2-4-11(10)16-6-5-12-14-9(7-15)8-17-12/h1-4,7-8H,5-6H2. The second kappa shape index (κ2) is 5.54. The van der Waals surface area contributed by atoms with Gasteiger partial charge in [0.15, 0.2) is 17.9 Å². The molecule has 17 heavy (non-hydrogen) atoms. The Morgan fingerprint density at radius 2 is 2.24 bits per heavy atom. The highest BCUT2D eigenvalue weighted by atomic mass is 32.1. The summed E-state index contributed by atoms with van der Waals surface area (Å²) in [6.07, 6.45) is 1.27. The Hall–Kier alpha value is -1.75. The molecule has 0 radical (unpaired) electrons. The molecule has 1 heterocycles. The van der Waals surface area contributed by atoms with Crippen LogP contribution in [0.2, 0.25) is 0 Å². The summed E-state index contributed by atoms with van der Waals surface area (Å²) in [6, 6.07) is 6.25. The van der Waals surface area contributed by atoms with Crippen molar-refractivity contribution in [1.29, 1.82) is 0 Å². The van der Waals surface area contributed by atoms with E-state index in [1.165, 1.54) is 17.4 Å². The van der Waals surface area contributed by atoms with Crippen LogP contribution in [-0.4, -0.2) is 17.9 Å². The molecular weight excluding hydrogens is 241 g/mol. The summed E-state index contributed by atoms with van der Waals surface area (Å²) in [7, 11) is 0. The number of ether oxygens (including phenoxy) is 1. The Morgan fingerprint density at radius 3 is 2.94 bits per heavy atom. The lowest BCUT2D eigenvalue weighted by molar-refractivity contribution is 0.111. The molecule has 3 nitrogen and oxygen atoms in total. The predicted molar refractivity (Wildman–Crippen MR) is 63.1 cm³/mol. The highest BCUT2D eigenvalue weighted by molar-refractivity contribution is 7.09. The van der Waals surface area contributed by atoms with Gasteiger partial charge in [-0.05, 0) is 12.1 Å². The summed E-state index contributed by atoms with van der Waals surface area (Å²) in [6.45, 7) is 0.340. The first kappa shape index (κ1) is 11.7. The van der Waals surface area contributed by atoms with Crippen LogP contribution in [0.1, 0.15) is 15.5 Å². The number of para-hydroxylation sites is 1. The minimum Gasteiger partial charge on any atom is -0.490 e. The second-order valence-corrected chi connectivity index (χ2v) is 4.26. The summed E-state index contributed by atoms with van der Waals surface area (Å²) in [5.74, 6) is -0.139. The highest BCUT2D eigenvalue weighted by Gasteiger charge is 2.04. The van der Waals surface area contributed by atoms with E-state index in [1.807, 2.05) is 0 Å². The maximum absolute atomic E-state index is 13.2. The molecular formula is C12H10FNO2S. The molecule has 0 saturated carbocycles. The molecule has 1 aromatic carbocycles. The molecule has 5 heteroatoms. The van der Waals surface area contributed by atoms with Crippen molar-refractivity contribution in [3.8, 4) is 5.75 Å². The Balaban J connectivity index is 1.87. The van der Waals surface area contributed by atoms with Crippen molar-refractivity contribution in [2.75, 3.05) is 6.61 Å². The molecule has 0 fully saturated rings. The number of rotatable bonds is 5. The van der Waals surface area contributed by atoms with Crippen molar-refractivity contribution in [3.05, 3.63) is 46.2 Å². The molecule has 0 N–H and O–H groups in total. The van der Waals surface area contributed by atoms with Crippen molar-refractivity contribution in [1.82, 2.24) is 4.98 Å². The van der Waals surface area contributed by atoms with Crippen molar-refractivity contribution in [3.63, 3.8) is 0 Å². The Bertz CT molecular complexity index is 513. The molecule has 0 atom stereocenters. The predicted octanol–water partition coefficient (Wildman–Crippen LogP) is 2.72. The maximum atomic E-state index is 13.2. The number of hydrogen-bond donors (Lipinski definition) is 0. The van der Waals surface area contributed by atoms with Gasteiger partial charge in [0, 0.05) is 11.8 Å². The molecule has 0 spiro atoms. The van der Waals surface area contributed by atoms with Crippen LogP contribution in [-0.2, 0) is 6.42 Å². The van der Waals surface area contributed by atoms with Gasteiger partial charge in [-0.25, -0.2) is 9.37 Å². The van der Waals surface area contributed by atoms with E-state index in [0.29, 0.717) is 25.0 Å². The van der Waals surface area contributed by atoms with E-state index in [0.717, 1.165) is 5.01 Å². The van der Waals surface area contributed by atoms with Crippen molar-refractivity contribution in [2.24, 2.45) is 0 Å². The first-order chi connectivity index (χ1) is 8.29. The van der Waals surface area contributed by atoms with Gasteiger partial charge in [0.2, 0.25) is 0 Å². The van der Waals surface area contributed by atoms with Gasteiger partial charge in [-0.15, -0.1) is 11.3 Å². The van der Waals surface area contributed by atoms with Gasteiger partial charge < -0.3 is 4.74 Å². The molecule has 0 aliphatic rings. The fraction of sp³-hybridized carbons (Fsp3) is 0.167. The third-order valence-corrected chi connectivity index (χ3v) is 3.03. The maximum Gasteiger partial charge on any atom is 0.169 e. The van der Waals surface area contributed by atoms with Gasteiger partial charge in [-0.3, -0.25) is 4.79 Å². The number of nitrogens with zero attached hydrogens (tertiary/aromatic N) is 1. The van der Waals surface area contributed by atoms with E-state index in [2.05, 4.69) is 4.98 Å². The van der Waals surface area contributed by atoms with Crippen LogP contribution in [0, 0.1) is 5.82 Å². The SMILES string of the molecule is O=Cc1csc(CCOc2ccccc2F)n1. The zero-order chi connectivity index (χ0) is 12.1. The molecule has 0 amide bonds. The summed E-state index contributed by atoms with van der Waals surface area (Å²) >= 11 is 1.40. The Morgan fingerprint density at radius 1 is 1.41 bits per heavy atom. The number of carbonyl (C=O) groups excluding carboxylic acids is 1. The van der Waals surface area contributed by atoms with E-state index >= 15 is 0 Å². The fourth-order valence-corrected chi connectivity index (χ4v) is 2.03. The Labute approximate surface area is 102 Å². The van der Waals surface area contributed by atoms with Crippen LogP contribution < -0.4 is 4.74 Å². The monoisotopic (exact) mass is 251 g/mol. The summed E-state index contributed by atoms with van der Waals surface area (Å²) < 4.78 is 18.5. The van der Waals surface area contributed by atoms with E-state index in [9.17, 15) is 9.18 Å². The summed E-state index contributed by atoms with van der Waals surface area (Å²) in [4.78, 5) is 14.5. The molecule has 0 unspecified atom stereocenters. The largest absolute Gasteiger partial charge is 0.490 e. The lowest BCUT2D eigenvalue weighted by atomic mass is 10.3. The lowest BCUT2D eigenvalue weighted by Crippen LogP contribution is -2.02. The molecule has 2 rings (SSSR count). The minimum absolute atomic E-state index is 0.236. The zero-order valence-corrected chi connectivity index (χ0v) is 9.74. The number of hydrogen-bond acceptors (Lipinski definition) is 4. The number of thiazole rings is 1. The van der Waals surface area contributed by atoms with Gasteiger partial charge in [0.05, 0.1) is 11.6 Å².